The predicted octanol–water partition coefficient (Wildman–Crippen LogP) is -0.258. The Balaban J connectivity index is 3.09. The lowest BCUT2D eigenvalue weighted by Crippen LogP contribution is -2.34. The number of carbonyl (C=O) groups excluding carboxylic acids is 2. The summed E-state index contributed by atoms with van der Waals surface area (Å²) >= 11 is 0. The van der Waals surface area contributed by atoms with Gasteiger partial charge < -0.3 is 5.73 Å². The van der Waals surface area contributed by atoms with Gasteiger partial charge in [-0.1, -0.05) is 6.07 Å². The van der Waals surface area contributed by atoms with Gasteiger partial charge in [0.15, 0.2) is 0 Å². The summed E-state index contributed by atoms with van der Waals surface area (Å²) in [5.41, 5.74) is 4.61. The second-order valence-electron chi connectivity index (χ2n) is 2.82. The maximum Gasteiger partial charge on any atom is 0.319 e. The van der Waals surface area contributed by atoms with E-state index in [2.05, 4.69) is 0 Å². The van der Waals surface area contributed by atoms with Crippen LogP contribution in [0.25, 0.3) is 0 Å². The largest absolute Gasteiger partial charge is 0.351 e. The molecule has 0 atom stereocenters. The van der Waals surface area contributed by atoms with Crippen molar-refractivity contribution in [2.75, 3.05) is 0 Å². The molecule has 0 aliphatic carbocycles. The first-order chi connectivity index (χ1) is 7.30. The van der Waals surface area contributed by atoms with Crippen molar-refractivity contribution in [1.29, 1.82) is 0 Å². The van der Waals surface area contributed by atoms with Crippen molar-refractivity contribution in [2.45, 2.75) is 4.90 Å². The van der Waals surface area contributed by atoms with Crippen LogP contribution in [0.5, 0.6) is 0 Å². The number of amides is 3. The first kappa shape index (κ1) is 12.1. The molecule has 86 valence electrons. The highest BCUT2D eigenvalue weighted by Crippen LogP contribution is 2.10. The van der Waals surface area contributed by atoms with Gasteiger partial charge in [0, 0.05) is 5.56 Å². The maximum absolute atomic E-state index is 11.2. The highest BCUT2D eigenvalue weighted by Gasteiger charge is 2.13. The average molecular weight is 244 g/mol. The third-order valence-electron chi connectivity index (χ3n) is 1.63. The van der Waals surface area contributed by atoms with Crippen molar-refractivity contribution in [3.8, 4) is 0 Å². The van der Waals surface area contributed by atoms with Crippen LogP contribution in [0.4, 0.5) is 4.79 Å². The van der Waals surface area contributed by atoms with Crippen molar-refractivity contribution in [2.24, 2.45) is 5.73 Å². The third-order valence-corrected chi connectivity index (χ3v) is 2.48. The molecule has 0 saturated heterocycles. The Morgan fingerprint density at radius 1 is 1.31 bits per heavy atom. The van der Waals surface area contributed by atoms with E-state index in [1.807, 2.05) is 0 Å². The number of nitrogens with one attached hydrogen (secondary N) is 1. The Morgan fingerprint density at radius 2 is 1.94 bits per heavy atom. The molecule has 0 saturated carbocycles. The first-order valence-corrected chi connectivity index (χ1v) is 5.43. The Morgan fingerprint density at radius 3 is 2.44 bits per heavy atom. The van der Waals surface area contributed by atoms with Gasteiger partial charge >= 0.3 is 6.03 Å². The summed E-state index contributed by atoms with van der Waals surface area (Å²) in [5, 5.41) is 1.76. The monoisotopic (exact) mass is 244 g/mol. The van der Waals surface area contributed by atoms with E-state index in [1.165, 1.54) is 12.1 Å². The number of benzene rings is 1. The fourth-order valence-electron chi connectivity index (χ4n) is 0.982. The molecule has 7 nitrogen and oxygen atoms in total. The van der Waals surface area contributed by atoms with Crippen molar-refractivity contribution >= 4 is 22.1 Å². The SMILES string of the molecule is NC(=O)NC(=O)c1cccc(S(=O)(=O)O)c1. The van der Waals surface area contributed by atoms with Crippen LogP contribution in [0.2, 0.25) is 0 Å². The van der Waals surface area contributed by atoms with Crippen LogP contribution < -0.4 is 11.1 Å². The van der Waals surface area contributed by atoms with Crippen molar-refractivity contribution < 1.29 is 22.6 Å². The van der Waals surface area contributed by atoms with E-state index >= 15 is 0 Å². The topological polar surface area (TPSA) is 127 Å². The van der Waals surface area contributed by atoms with Crippen LogP contribution in [0, 0.1) is 0 Å². The minimum atomic E-state index is -4.38. The van der Waals surface area contributed by atoms with E-state index in [4.69, 9.17) is 10.3 Å². The zero-order valence-electron chi connectivity index (χ0n) is 7.88. The molecular formula is C8H8N2O5S. The molecule has 16 heavy (non-hydrogen) atoms. The zero-order chi connectivity index (χ0) is 12.3. The maximum atomic E-state index is 11.2. The van der Waals surface area contributed by atoms with Crippen LogP contribution in [-0.4, -0.2) is 24.9 Å². The zero-order valence-corrected chi connectivity index (χ0v) is 8.69. The van der Waals surface area contributed by atoms with Gasteiger partial charge in [0.05, 0.1) is 4.90 Å². The highest BCUT2D eigenvalue weighted by molar-refractivity contribution is 7.85. The fraction of sp³-hybridized carbons (Fsp3) is 0. The van der Waals surface area contributed by atoms with Crippen LogP contribution in [0.15, 0.2) is 29.2 Å². The van der Waals surface area contributed by atoms with Gasteiger partial charge in [-0.2, -0.15) is 8.42 Å². The molecule has 0 heterocycles. The molecule has 3 amide bonds. The first-order valence-electron chi connectivity index (χ1n) is 3.99. The smallest absolute Gasteiger partial charge is 0.319 e. The van der Waals surface area contributed by atoms with Gasteiger partial charge in [-0.05, 0) is 18.2 Å². The summed E-state index contributed by atoms with van der Waals surface area (Å²) in [6.45, 7) is 0. The molecule has 1 aromatic rings. The lowest BCUT2D eigenvalue weighted by Gasteiger charge is -2.02. The number of rotatable bonds is 2. The van der Waals surface area contributed by atoms with Gasteiger partial charge in [0.1, 0.15) is 0 Å². The number of primary amides is 1. The molecule has 0 aliphatic rings. The van der Waals surface area contributed by atoms with Gasteiger partial charge in [0.2, 0.25) is 0 Å². The Bertz CT molecular complexity index is 537. The van der Waals surface area contributed by atoms with E-state index in [0.29, 0.717) is 0 Å². The molecule has 1 aromatic carbocycles. The Hall–Kier alpha value is -1.93. The number of urea groups is 1. The summed E-state index contributed by atoms with van der Waals surface area (Å²) in [5.74, 6) is -0.849. The van der Waals surface area contributed by atoms with Gasteiger partial charge in [0.25, 0.3) is 16.0 Å². The van der Waals surface area contributed by atoms with Gasteiger partial charge in [-0.25, -0.2) is 4.79 Å². The number of hydrogen-bond donors (Lipinski definition) is 3. The Labute approximate surface area is 91.0 Å². The summed E-state index contributed by atoms with van der Waals surface area (Å²) < 4.78 is 30.3. The van der Waals surface area contributed by atoms with Crippen LogP contribution in [-0.2, 0) is 10.1 Å². The molecule has 0 aliphatic heterocycles. The summed E-state index contributed by atoms with van der Waals surface area (Å²) in [6, 6.07) is 3.50. The minimum Gasteiger partial charge on any atom is -0.351 e. The van der Waals surface area contributed by atoms with Crippen molar-refractivity contribution in [3.63, 3.8) is 0 Å². The normalized spacial score (nSPS) is 10.8. The summed E-state index contributed by atoms with van der Waals surface area (Å²) in [4.78, 5) is 21.2. The molecule has 1 rings (SSSR count). The molecule has 0 unspecified atom stereocenters. The molecule has 0 radical (unpaired) electrons. The van der Waals surface area contributed by atoms with E-state index in [1.54, 1.807) is 5.32 Å². The van der Waals surface area contributed by atoms with E-state index in [-0.39, 0.29) is 5.56 Å². The molecule has 8 heteroatoms. The molecule has 0 spiro atoms. The average Bonchev–Trinajstić information content (AvgIpc) is 2.15. The van der Waals surface area contributed by atoms with Gasteiger partial charge in [-0.3, -0.25) is 14.7 Å². The van der Waals surface area contributed by atoms with E-state index < -0.39 is 27.0 Å². The van der Waals surface area contributed by atoms with E-state index in [0.717, 1.165) is 12.1 Å². The number of nitrogens with two attached hydrogens (primary N) is 1. The minimum absolute atomic E-state index is 0.103. The third kappa shape index (κ3) is 3.04. The lowest BCUT2D eigenvalue weighted by molar-refractivity contribution is 0.0966. The van der Waals surface area contributed by atoms with Crippen molar-refractivity contribution in [1.82, 2.24) is 5.32 Å². The number of hydrogen-bond acceptors (Lipinski definition) is 4. The summed E-state index contributed by atoms with van der Waals surface area (Å²) in [6.07, 6.45) is 0. The molecule has 0 aromatic heterocycles. The van der Waals surface area contributed by atoms with Crippen LogP contribution in [0.3, 0.4) is 0 Å². The standard InChI is InChI=1S/C8H8N2O5S/c9-8(12)10-7(11)5-2-1-3-6(4-5)16(13,14)15/h1-4H,(H,13,14,15)(H3,9,10,11,12). The second-order valence-corrected chi connectivity index (χ2v) is 4.24. The second kappa shape index (κ2) is 4.29. The summed E-state index contributed by atoms with van der Waals surface area (Å²) in [7, 11) is -4.38. The van der Waals surface area contributed by atoms with Crippen LogP contribution in [0.1, 0.15) is 10.4 Å². The van der Waals surface area contributed by atoms with Crippen LogP contribution >= 0.6 is 0 Å². The molecule has 0 fully saturated rings. The van der Waals surface area contributed by atoms with Gasteiger partial charge in [-0.15, -0.1) is 0 Å². The lowest BCUT2D eigenvalue weighted by atomic mass is 10.2. The molecule has 4 N–H and O–H groups in total. The molecule has 0 bridgehead atoms. The number of carbonyl (C=O) groups is 2. The van der Waals surface area contributed by atoms with Crippen molar-refractivity contribution in [3.05, 3.63) is 29.8 Å². The Kier molecular flexibility index (Phi) is 3.25. The number of imide groups is 1. The van der Waals surface area contributed by atoms with E-state index in [9.17, 15) is 18.0 Å². The highest BCUT2D eigenvalue weighted by atomic mass is 32.2. The quantitative estimate of drug-likeness (QED) is 0.618. The predicted molar refractivity (Wildman–Crippen MR) is 53.3 cm³/mol. The molecular weight excluding hydrogens is 236 g/mol. The fourth-order valence-corrected chi connectivity index (χ4v) is 1.51.